The van der Waals surface area contributed by atoms with E-state index in [0.717, 1.165) is 23.1 Å². The molecule has 0 aliphatic heterocycles. The average Bonchev–Trinajstić information content (AvgIpc) is 2.48. The van der Waals surface area contributed by atoms with Crippen molar-refractivity contribution in [2.75, 3.05) is 6.54 Å². The van der Waals surface area contributed by atoms with Gasteiger partial charge >= 0.3 is 5.97 Å². The van der Waals surface area contributed by atoms with Gasteiger partial charge in [0.25, 0.3) is 0 Å². The molecular weight excluding hydrogens is 286 g/mol. The van der Waals surface area contributed by atoms with E-state index >= 15 is 0 Å². The molecule has 0 fully saturated rings. The summed E-state index contributed by atoms with van der Waals surface area (Å²) in [6.45, 7) is 2.75. The summed E-state index contributed by atoms with van der Waals surface area (Å²) in [6.07, 6.45) is 0.899. The fourth-order valence-electron chi connectivity index (χ4n) is 2.31. The molecule has 0 spiro atoms. The Kier molecular flexibility index (Phi) is 4.99. The summed E-state index contributed by atoms with van der Waals surface area (Å²) in [7, 11) is 0. The maximum absolute atomic E-state index is 11.1. The number of rotatable bonds is 5. The predicted octanol–water partition coefficient (Wildman–Crippen LogP) is 4.16. The third-order valence-electron chi connectivity index (χ3n) is 3.58. The first kappa shape index (κ1) is 15.5. The first-order valence-corrected chi connectivity index (χ1v) is 7.24. The zero-order valence-corrected chi connectivity index (χ0v) is 12.6. The molecule has 0 saturated carbocycles. The first-order chi connectivity index (χ1) is 10.0. The van der Waals surface area contributed by atoms with E-state index in [9.17, 15) is 4.79 Å². The van der Waals surface area contributed by atoms with Crippen molar-refractivity contribution in [3.05, 3.63) is 58.6 Å². The van der Waals surface area contributed by atoms with Crippen molar-refractivity contribution in [3.8, 4) is 11.1 Å². The SMILES string of the molecule is CC(CCN)c1ccc(Cl)c(-c2cccc(C(=O)O)c2)c1. The number of aromatic carboxylic acids is 1. The fraction of sp³-hybridized carbons (Fsp3) is 0.235. The van der Waals surface area contributed by atoms with Gasteiger partial charge in [0.1, 0.15) is 0 Å². The molecule has 0 radical (unpaired) electrons. The van der Waals surface area contributed by atoms with Crippen LogP contribution in [0.25, 0.3) is 11.1 Å². The molecule has 0 amide bonds. The molecule has 0 aliphatic rings. The van der Waals surface area contributed by atoms with E-state index in [2.05, 4.69) is 6.92 Å². The lowest BCUT2D eigenvalue weighted by Gasteiger charge is -2.14. The molecule has 0 saturated heterocycles. The van der Waals surface area contributed by atoms with Crippen LogP contribution in [0.1, 0.15) is 35.2 Å². The maximum atomic E-state index is 11.1. The Morgan fingerprint density at radius 3 is 2.71 bits per heavy atom. The minimum Gasteiger partial charge on any atom is -0.478 e. The minimum absolute atomic E-state index is 0.254. The number of nitrogens with two attached hydrogens (primary N) is 1. The van der Waals surface area contributed by atoms with Crippen LogP contribution in [0.2, 0.25) is 5.02 Å². The van der Waals surface area contributed by atoms with Crippen LogP contribution in [0.15, 0.2) is 42.5 Å². The van der Waals surface area contributed by atoms with Crippen molar-refractivity contribution in [3.63, 3.8) is 0 Å². The van der Waals surface area contributed by atoms with Gasteiger partial charge < -0.3 is 10.8 Å². The van der Waals surface area contributed by atoms with Gasteiger partial charge in [-0.15, -0.1) is 0 Å². The molecule has 1 atom stereocenters. The molecule has 110 valence electrons. The molecule has 2 aromatic rings. The predicted molar refractivity (Wildman–Crippen MR) is 85.9 cm³/mol. The minimum atomic E-state index is -0.944. The van der Waals surface area contributed by atoms with E-state index in [-0.39, 0.29) is 5.56 Å². The van der Waals surface area contributed by atoms with E-state index in [0.29, 0.717) is 17.5 Å². The van der Waals surface area contributed by atoms with Gasteiger partial charge in [-0.1, -0.05) is 36.7 Å². The van der Waals surface area contributed by atoms with Gasteiger partial charge in [0, 0.05) is 10.6 Å². The Bertz CT molecular complexity index is 655. The van der Waals surface area contributed by atoms with Gasteiger partial charge in [-0.05, 0) is 54.3 Å². The van der Waals surface area contributed by atoms with E-state index in [4.69, 9.17) is 22.4 Å². The first-order valence-electron chi connectivity index (χ1n) is 6.86. The molecular formula is C17H18ClNO2. The van der Waals surface area contributed by atoms with E-state index in [1.807, 2.05) is 24.3 Å². The smallest absolute Gasteiger partial charge is 0.335 e. The number of carbonyl (C=O) groups is 1. The Hall–Kier alpha value is -1.84. The number of halogens is 1. The lowest BCUT2D eigenvalue weighted by Crippen LogP contribution is -2.04. The Labute approximate surface area is 129 Å². The van der Waals surface area contributed by atoms with Crippen LogP contribution in [0.4, 0.5) is 0 Å². The highest BCUT2D eigenvalue weighted by atomic mass is 35.5. The van der Waals surface area contributed by atoms with Crippen LogP contribution < -0.4 is 5.73 Å². The topological polar surface area (TPSA) is 63.3 Å². The van der Waals surface area contributed by atoms with E-state index in [1.165, 1.54) is 0 Å². The van der Waals surface area contributed by atoms with Gasteiger partial charge in [-0.2, -0.15) is 0 Å². The van der Waals surface area contributed by atoms with Crippen LogP contribution in [-0.4, -0.2) is 17.6 Å². The summed E-state index contributed by atoms with van der Waals surface area (Å²) in [4.78, 5) is 11.1. The highest BCUT2D eigenvalue weighted by Crippen LogP contribution is 2.32. The summed E-state index contributed by atoms with van der Waals surface area (Å²) in [5.41, 5.74) is 8.67. The summed E-state index contributed by atoms with van der Waals surface area (Å²) < 4.78 is 0. The standard InChI is InChI=1S/C17H18ClNO2/c1-11(7-8-19)12-5-6-16(18)15(10-12)13-3-2-4-14(9-13)17(20)21/h2-6,9-11H,7-8,19H2,1H3,(H,20,21). The van der Waals surface area contributed by atoms with Crippen molar-refractivity contribution in [2.24, 2.45) is 5.73 Å². The Morgan fingerprint density at radius 2 is 2.05 bits per heavy atom. The molecule has 21 heavy (non-hydrogen) atoms. The normalized spacial score (nSPS) is 12.1. The van der Waals surface area contributed by atoms with Crippen LogP contribution in [0.5, 0.6) is 0 Å². The number of hydrogen-bond acceptors (Lipinski definition) is 2. The lowest BCUT2D eigenvalue weighted by atomic mass is 9.93. The third kappa shape index (κ3) is 3.63. The van der Waals surface area contributed by atoms with Gasteiger partial charge in [-0.3, -0.25) is 0 Å². The molecule has 2 aromatic carbocycles. The zero-order chi connectivity index (χ0) is 15.4. The largest absolute Gasteiger partial charge is 0.478 e. The molecule has 1 unspecified atom stereocenters. The summed E-state index contributed by atoms with van der Waals surface area (Å²) in [6, 6.07) is 12.7. The van der Waals surface area contributed by atoms with E-state index in [1.54, 1.807) is 18.2 Å². The summed E-state index contributed by atoms with van der Waals surface area (Å²) in [5.74, 6) is -0.603. The quantitative estimate of drug-likeness (QED) is 0.872. The van der Waals surface area contributed by atoms with E-state index < -0.39 is 5.97 Å². The van der Waals surface area contributed by atoms with Crippen molar-refractivity contribution in [2.45, 2.75) is 19.3 Å². The average molecular weight is 304 g/mol. The molecule has 3 nitrogen and oxygen atoms in total. The highest BCUT2D eigenvalue weighted by molar-refractivity contribution is 6.33. The highest BCUT2D eigenvalue weighted by Gasteiger charge is 2.11. The van der Waals surface area contributed by atoms with Crippen molar-refractivity contribution >= 4 is 17.6 Å². The third-order valence-corrected chi connectivity index (χ3v) is 3.91. The molecule has 0 aliphatic carbocycles. The number of hydrogen-bond donors (Lipinski definition) is 2. The number of carboxylic acids is 1. The van der Waals surface area contributed by atoms with Crippen LogP contribution in [-0.2, 0) is 0 Å². The summed E-state index contributed by atoms with van der Waals surface area (Å²) >= 11 is 6.27. The second kappa shape index (κ2) is 6.74. The molecule has 0 heterocycles. The molecule has 2 rings (SSSR count). The number of benzene rings is 2. The lowest BCUT2D eigenvalue weighted by molar-refractivity contribution is 0.0697. The Balaban J connectivity index is 2.45. The second-order valence-electron chi connectivity index (χ2n) is 5.10. The Morgan fingerprint density at radius 1 is 1.29 bits per heavy atom. The van der Waals surface area contributed by atoms with Crippen molar-refractivity contribution in [1.82, 2.24) is 0 Å². The maximum Gasteiger partial charge on any atom is 0.335 e. The van der Waals surface area contributed by atoms with Gasteiger partial charge in [0.2, 0.25) is 0 Å². The molecule has 3 N–H and O–H groups in total. The fourth-order valence-corrected chi connectivity index (χ4v) is 2.53. The van der Waals surface area contributed by atoms with Crippen LogP contribution >= 0.6 is 11.6 Å². The summed E-state index contributed by atoms with van der Waals surface area (Å²) in [5, 5.41) is 9.70. The molecule has 4 heteroatoms. The van der Waals surface area contributed by atoms with Crippen LogP contribution in [0.3, 0.4) is 0 Å². The van der Waals surface area contributed by atoms with Gasteiger partial charge in [-0.25, -0.2) is 4.79 Å². The zero-order valence-electron chi connectivity index (χ0n) is 11.8. The van der Waals surface area contributed by atoms with Crippen LogP contribution in [0, 0.1) is 0 Å². The monoisotopic (exact) mass is 303 g/mol. The molecule has 0 aromatic heterocycles. The van der Waals surface area contributed by atoms with Crippen molar-refractivity contribution in [1.29, 1.82) is 0 Å². The number of carboxylic acid groups (broad SMARTS) is 1. The van der Waals surface area contributed by atoms with Gasteiger partial charge in [0.15, 0.2) is 0 Å². The van der Waals surface area contributed by atoms with Gasteiger partial charge in [0.05, 0.1) is 5.56 Å². The second-order valence-corrected chi connectivity index (χ2v) is 5.51. The van der Waals surface area contributed by atoms with Crippen molar-refractivity contribution < 1.29 is 9.90 Å². The molecule has 0 bridgehead atoms.